The Morgan fingerprint density at radius 2 is 2.12 bits per heavy atom. The Labute approximate surface area is 61.9 Å². The van der Waals surface area contributed by atoms with Crippen LogP contribution in [0, 0.1) is 0 Å². The lowest BCUT2D eigenvalue weighted by atomic mass is 11.4. The lowest BCUT2D eigenvalue weighted by Crippen LogP contribution is -2.42. The van der Waals surface area contributed by atoms with Gasteiger partial charge in [-0.05, 0) is 0 Å². The predicted molar refractivity (Wildman–Crippen MR) is 36.1 cm³/mol. The minimum Gasteiger partial charge on any atom is -0.289 e. The smallest absolute Gasteiger partial charge is 0.138 e. The Hall–Kier alpha value is 0.530. The van der Waals surface area contributed by atoms with E-state index in [2.05, 4.69) is 19.2 Å². The molecule has 0 bridgehead atoms. The van der Waals surface area contributed by atoms with Gasteiger partial charge in [-0.2, -0.15) is 0 Å². The van der Waals surface area contributed by atoms with E-state index in [0.717, 1.165) is 0 Å². The van der Waals surface area contributed by atoms with Gasteiger partial charge in [0.15, 0.2) is 0 Å². The van der Waals surface area contributed by atoms with Crippen molar-refractivity contribution in [2.45, 2.75) is 0 Å². The fourth-order valence-electron chi connectivity index (χ4n) is 0.207. The Morgan fingerprint density at radius 1 is 1.50 bits per heavy atom. The van der Waals surface area contributed by atoms with Crippen molar-refractivity contribution in [1.29, 1.82) is 0 Å². The van der Waals surface area contributed by atoms with E-state index in [9.17, 15) is 0 Å². The molecule has 0 aliphatic heterocycles. The molecule has 50 valence electrons. The molecule has 0 radical (unpaired) electrons. The summed E-state index contributed by atoms with van der Waals surface area (Å²) in [7, 11) is 3.20. The molecule has 0 heterocycles. The standard InChI is InChI=1S/C2H8IN3O2/c1-6(4-7-2)5-8-3/h4-5H,1-2H3. The van der Waals surface area contributed by atoms with Crippen molar-refractivity contribution in [2.24, 2.45) is 0 Å². The number of nitrogens with one attached hydrogen (secondary N) is 2. The molecule has 0 rings (SSSR count). The average Bonchev–Trinajstić information content (AvgIpc) is 1.68. The highest BCUT2D eigenvalue weighted by atomic mass is 127. The highest BCUT2D eigenvalue weighted by Crippen LogP contribution is 1.76. The van der Waals surface area contributed by atoms with Crippen LogP contribution in [0.3, 0.4) is 0 Å². The zero-order chi connectivity index (χ0) is 6.41. The van der Waals surface area contributed by atoms with Crippen molar-refractivity contribution in [1.82, 2.24) is 16.3 Å². The number of hydrogen-bond acceptors (Lipinski definition) is 5. The Bertz CT molecular complexity index is 48.5. The Kier molecular flexibility index (Phi) is 6.04. The second kappa shape index (κ2) is 5.66. The quantitative estimate of drug-likeness (QED) is 0.518. The monoisotopic (exact) mass is 233 g/mol. The molecule has 0 saturated heterocycles. The van der Waals surface area contributed by atoms with E-state index in [1.807, 2.05) is 0 Å². The summed E-state index contributed by atoms with van der Waals surface area (Å²) in [5.74, 6) is 0. The summed E-state index contributed by atoms with van der Waals surface area (Å²) >= 11 is 1.69. The Morgan fingerprint density at radius 3 is 2.50 bits per heavy atom. The van der Waals surface area contributed by atoms with Crippen LogP contribution in [0.15, 0.2) is 0 Å². The van der Waals surface area contributed by atoms with Gasteiger partial charge < -0.3 is 0 Å². The zero-order valence-electron chi connectivity index (χ0n) is 4.64. The maximum Gasteiger partial charge on any atom is 0.138 e. The third-order valence-electron chi connectivity index (χ3n) is 0.400. The van der Waals surface area contributed by atoms with Crippen LogP contribution in [0.1, 0.15) is 0 Å². The SMILES string of the molecule is CONN(C)NOI. The fourth-order valence-corrected chi connectivity index (χ4v) is 0.503. The molecule has 0 spiro atoms. The molecule has 0 amide bonds. The van der Waals surface area contributed by atoms with Gasteiger partial charge in [0, 0.05) is 7.05 Å². The van der Waals surface area contributed by atoms with E-state index in [0.29, 0.717) is 0 Å². The van der Waals surface area contributed by atoms with Gasteiger partial charge in [-0.1, -0.05) is 0 Å². The third kappa shape index (κ3) is 4.68. The third-order valence-corrected chi connectivity index (χ3v) is 0.597. The summed E-state index contributed by atoms with van der Waals surface area (Å²) in [6.45, 7) is 0. The summed E-state index contributed by atoms with van der Waals surface area (Å²) in [5, 5.41) is 1.41. The van der Waals surface area contributed by atoms with Crippen molar-refractivity contribution < 1.29 is 8.00 Å². The summed E-state index contributed by atoms with van der Waals surface area (Å²) in [6.07, 6.45) is 0. The van der Waals surface area contributed by atoms with E-state index in [1.165, 1.54) is 12.2 Å². The first-order chi connectivity index (χ1) is 3.81. The van der Waals surface area contributed by atoms with Gasteiger partial charge >= 0.3 is 0 Å². The van der Waals surface area contributed by atoms with E-state index in [-0.39, 0.29) is 0 Å². The number of hydrogen-bond donors (Lipinski definition) is 2. The minimum atomic E-state index is 1.41. The molecule has 5 nitrogen and oxygen atoms in total. The fraction of sp³-hybridized carbons (Fsp3) is 1.00. The average molecular weight is 233 g/mol. The second-order valence-corrected chi connectivity index (χ2v) is 1.46. The summed E-state index contributed by atoms with van der Waals surface area (Å²) in [4.78, 5) is 4.49. The largest absolute Gasteiger partial charge is 0.289 e. The van der Waals surface area contributed by atoms with E-state index in [4.69, 9.17) is 0 Å². The van der Waals surface area contributed by atoms with Crippen LogP contribution in [0.2, 0.25) is 0 Å². The lowest BCUT2D eigenvalue weighted by Gasteiger charge is -2.13. The van der Waals surface area contributed by atoms with Crippen LogP contribution in [0.25, 0.3) is 0 Å². The van der Waals surface area contributed by atoms with Crippen molar-refractivity contribution in [3.05, 3.63) is 0 Å². The van der Waals surface area contributed by atoms with E-state index in [1.54, 1.807) is 30.1 Å². The van der Waals surface area contributed by atoms with Gasteiger partial charge in [0.05, 0.1) is 7.11 Å². The van der Waals surface area contributed by atoms with Crippen LogP contribution >= 0.6 is 23.0 Å². The molecule has 0 aromatic heterocycles. The molecule has 0 fully saturated rings. The molecule has 8 heavy (non-hydrogen) atoms. The lowest BCUT2D eigenvalue weighted by molar-refractivity contribution is -0.116. The molecule has 0 aromatic carbocycles. The van der Waals surface area contributed by atoms with E-state index >= 15 is 0 Å². The predicted octanol–water partition coefficient (Wildman–Crippen LogP) is -0.230. The van der Waals surface area contributed by atoms with Crippen molar-refractivity contribution in [2.75, 3.05) is 14.2 Å². The number of hydrazine groups is 2. The van der Waals surface area contributed by atoms with Crippen molar-refractivity contribution in [3.63, 3.8) is 0 Å². The maximum absolute atomic E-state index is 4.49. The summed E-state index contributed by atoms with van der Waals surface area (Å²) in [6, 6.07) is 0. The summed E-state index contributed by atoms with van der Waals surface area (Å²) in [5.41, 5.74) is 4.87. The van der Waals surface area contributed by atoms with Crippen LogP contribution in [-0.2, 0) is 8.00 Å². The molecule has 0 aliphatic rings. The number of rotatable bonds is 4. The second-order valence-electron chi connectivity index (χ2n) is 1.02. The van der Waals surface area contributed by atoms with Gasteiger partial charge in [0.1, 0.15) is 23.0 Å². The molecule has 0 saturated carbocycles. The van der Waals surface area contributed by atoms with Crippen LogP contribution in [0.5, 0.6) is 0 Å². The van der Waals surface area contributed by atoms with E-state index < -0.39 is 0 Å². The molecule has 0 aliphatic carbocycles. The van der Waals surface area contributed by atoms with Gasteiger partial charge in [-0.25, -0.2) is 3.17 Å². The number of halogens is 1. The van der Waals surface area contributed by atoms with Gasteiger partial charge in [-0.3, -0.25) is 4.84 Å². The molecular formula is C2H8IN3O2. The van der Waals surface area contributed by atoms with Gasteiger partial charge in [0.25, 0.3) is 0 Å². The molecular weight excluding hydrogens is 225 g/mol. The minimum absolute atomic E-state index is 1.41. The van der Waals surface area contributed by atoms with Crippen LogP contribution in [0.4, 0.5) is 0 Å². The number of nitrogens with zero attached hydrogens (tertiary/aromatic N) is 1. The first-order valence-electron chi connectivity index (χ1n) is 1.87. The highest BCUT2D eigenvalue weighted by molar-refractivity contribution is 14.1. The zero-order valence-corrected chi connectivity index (χ0v) is 6.80. The molecule has 6 heteroatoms. The van der Waals surface area contributed by atoms with Gasteiger partial charge in [0.2, 0.25) is 0 Å². The Balaban J connectivity index is 2.92. The first kappa shape index (κ1) is 8.53. The summed E-state index contributed by atoms with van der Waals surface area (Å²) < 4.78 is 4.46. The van der Waals surface area contributed by atoms with Crippen molar-refractivity contribution in [3.8, 4) is 0 Å². The van der Waals surface area contributed by atoms with Gasteiger partial charge in [-0.15, -0.1) is 16.3 Å². The molecule has 0 atom stereocenters. The molecule has 0 aromatic rings. The highest BCUT2D eigenvalue weighted by Gasteiger charge is 1.88. The normalized spacial score (nSPS) is 10.5. The first-order valence-corrected chi connectivity index (χ1v) is 2.75. The maximum atomic E-state index is 4.49. The van der Waals surface area contributed by atoms with Crippen molar-refractivity contribution >= 4 is 23.0 Å². The van der Waals surface area contributed by atoms with Crippen LogP contribution in [-0.4, -0.2) is 19.3 Å². The van der Waals surface area contributed by atoms with Crippen LogP contribution < -0.4 is 11.2 Å². The molecule has 0 unspecified atom stereocenters. The topological polar surface area (TPSA) is 45.8 Å². The molecule has 2 N–H and O–H groups in total.